The number of rotatable bonds is 1. The summed E-state index contributed by atoms with van der Waals surface area (Å²) in [4.78, 5) is 22.2. The van der Waals surface area contributed by atoms with Crippen LogP contribution in [0.15, 0.2) is 24.3 Å². The van der Waals surface area contributed by atoms with Gasteiger partial charge in [0.25, 0.3) is 0 Å². The molecule has 3 rings (SSSR count). The van der Waals surface area contributed by atoms with E-state index in [2.05, 4.69) is 9.97 Å². The van der Waals surface area contributed by atoms with Crippen molar-refractivity contribution in [2.24, 2.45) is 0 Å². The second-order valence-corrected chi connectivity index (χ2v) is 5.41. The minimum absolute atomic E-state index is 0.0762. The molecular weight excluding hydrogens is 264 g/mol. The molecule has 2 heterocycles. The summed E-state index contributed by atoms with van der Waals surface area (Å²) in [5, 5.41) is 0. The first-order valence-electron chi connectivity index (χ1n) is 7.02. The van der Waals surface area contributed by atoms with Gasteiger partial charge in [0, 0.05) is 37.6 Å². The van der Waals surface area contributed by atoms with E-state index in [1.807, 2.05) is 36.1 Å². The van der Waals surface area contributed by atoms with Crippen LogP contribution in [0.5, 0.6) is 0 Å². The van der Waals surface area contributed by atoms with Crippen molar-refractivity contribution >= 4 is 11.9 Å². The van der Waals surface area contributed by atoms with Gasteiger partial charge in [-0.1, -0.05) is 29.8 Å². The molecule has 0 saturated carbocycles. The third kappa shape index (κ3) is 2.59. The number of fused-ring (bicyclic) bond motifs is 1. The fourth-order valence-electron chi connectivity index (χ4n) is 2.65. The smallest absolute Gasteiger partial charge is 0.220 e. The van der Waals surface area contributed by atoms with Gasteiger partial charge in [-0.3, -0.25) is 4.79 Å². The van der Waals surface area contributed by atoms with Gasteiger partial charge in [0.15, 0.2) is 0 Å². The van der Waals surface area contributed by atoms with E-state index in [-0.39, 0.29) is 5.91 Å². The van der Waals surface area contributed by atoms with Gasteiger partial charge in [0.2, 0.25) is 11.9 Å². The molecule has 0 unspecified atom stereocenters. The van der Waals surface area contributed by atoms with E-state index >= 15 is 0 Å². The fourth-order valence-corrected chi connectivity index (χ4v) is 2.65. The molecule has 21 heavy (non-hydrogen) atoms. The number of amides is 1. The van der Waals surface area contributed by atoms with Crippen molar-refractivity contribution in [2.45, 2.75) is 26.8 Å². The molecule has 0 aliphatic carbocycles. The minimum atomic E-state index is 0.0762. The van der Waals surface area contributed by atoms with Gasteiger partial charge in [-0.05, 0) is 6.92 Å². The van der Waals surface area contributed by atoms with Crippen LogP contribution >= 0.6 is 0 Å². The third-order valence-corrected chi connectivity index (χ3v) is 3.85. The molecule has 0 radical (unpaired) electrons. The average molecular weight is 282 g/mol. The van der Waals surface area contributed by atoms with Crippen LogP contribution in [-0.2, 0) is 17.8 Å². The zero-order valence-corrected chi connectivity index (χ0v) is 12.3. The highest BCUT2D eigenvalue weighted by Gasteiger charge is 2.23. The van der Waals surface area contributed by atoms with E-state index < -0.39 is 0 Å². The summed E-state index contributed by atoms with van der Waals surface area (Å²) in [6, 6.07) is 8.16. The maximum Gasteiger partial charge on any atom is 0.220 e. The lowest BCUT2D eigenvalue weighted by atomic mass is 9.98. The number of hydrogen-bond donors (Lipinski definition) is 1. The molecule has 0 atom stereocenters. The predicted octanol–water partition coefficient (Wildman–Crippen LogP) is 1.94. The highest BCUT2D eigenvalue weighted by molar-refractivity contribution is 5.74. The van der Waals surface area contributed by atoms with Crippen LogP contribution in [0.4, 0.5) is 5.95 Å². The Hall–Kier alpha value is -2.43. The van der Waals surface area contributed by atoms with E-state index in [4.69, 9.17) is 5.73 Å². The normalized spacial score (nSPS) is 13.9. The molecule has 5 heteroatoms. The average Bonchev–Trinajstić information content (AvgIpc) is 2.46. The Kier molecular flexibility index (Phi) is 3.33. The maximum absolute atomic E-state index is 11.6. The number of hydrogen-bond acceptors (Lipinski definition) is 4. The summed E-state index contributed by atoms with van der Waals surface area (Å²) in [7, 11) is 0. The lowest BCUT2D eigenvalue weighted by Crippen LogP contribution is -2.35. The summed E-state index contributed by atoms with van der Waals surface area (Å²) in [6.07, 6.45) is 0.723. The Bertz CT molecular complexity index is 694. The van der Waals surface area contributed by atoms with E-state index in [0.29, 0.717) is 19.0 Å². The van der Waals surface area contributed by atoms with Gasteiger partial charge >= 0.3 is 0 Å². The number of nitrogen functional groups attached to an aromatic ring is 1. The highest BCUT2D eigenvalue weighted by atomic mass is 16.2. The van der Waals surface area contributed by atoms with Gasteiger partial charge < -0.3 is 10.6 Å². The number of carbonyl (C=O) groups is 1. The summed E-state index contributed by atoms with van der Waals surface area (Å²) in [5.41, 5.74) is 10.8. The second-order valence-electron chi connectivity index (χ2n) is 5.41. The molecule has 5 nitrogen and oxygen atoms in total. The van der Waals surface area contributed by atoms with Crippen LogP contribution in [0, 0.1) is 6.92 Å². The van der Waals surface area contributed by atoms with Crippen molar-refractivity contribution in [1.29, 1.82) is 0 Å². The van der Waals surface area contributed by atoms with Crippen molar-refractivity contribution in [3.8, 4) is 11.3 Å². The molecule has 0 spiro atoms. The van der Waals surface area contributed by atoms with Crippen LogP contribution in [0.2, 0.25) is 0 Å². The van der Waals surface area contributed by atoms with Crippen LogP contribution in [0.3, 0.4) is 0 Å². The molecule has 1 aliphatic rings. The summed E-state index contributed by atoms with van der Waals surface area (Å²) in [5.74, 6) is 0.368. The zero-order valence-electron chi connectivity index (χ0n) is 12.3. The molecule has 1 aromatic heterocycles. The molecule has 2 aromatic rings. The number of nitrogens with two attached hydrogens (primary N) is 1. The fraction of sp³-hybridized carbons (Fsp3) is 0.312. The first-order chi connectivity index (χ1) is 10.0. The third-order valence-electron chi connectivity index (χ3n) is 3.85. The summed E-state index contributed by atoms with van der Waals surface area (Å²) >= 11 is 0. The van der Waals surface area contributed by atoms with Crippen molar-refractivity contribution in [1.82, 2.24) is 14.9 Å². The maximum atomic E-state index is 11.6. The molecular formula is C16H18N4O. The van der Waals surface area contributed by atoms with Gasteiger partial charge in [0.1, 0.15) is 0 Å². The quantitative estimate of drug-likeness (QED) is 0.867. The molecule has 1 aromatic carbocycles. The summed E-state index contributed by atoms with van der Waals surface area (Å²) in [6.45, 7) is 4.88. The van der Waals surface area contributed by atoms with E-state index in [0.717, 1.165) is 28.9 Å². The van der Waals surface area contributed by atoms with Gasteiger partial charge in [-0.15, -0.1) is 0 Å². The highest BCUT2D eigenvalue weighted by Crippen LogP contribution is 2.29. The number of benzene rings is 1. The molecule has 108 valence electrons. The molecule has 0 fully saturated rings. The topological polar surface area (TPSA) is 72.1 Å². The Morgan fingerprint density at radius 3 is 2.62 bits per heavy atom. The van der Waals surface area contributed by atoms with E-state index in [9.17, 15) is 4.79 Å². The van der Waals surface area contributed by atoms with Crippen LogP contribution in [0.25, 0.3) is 11.3 Å². The monoisotopic (exact) mass is 282 g/mol. The number of nitrogens with zero attached hydrogens (tertiary/aromatic N) is 3. The molecule has 1 amide bonds. The minimum Gasteiger partial charge on any atom is -0.368 e. The van der Waals surface area contributed by atoms with Crippen molar-refractivity contribution < 1.29 is 4.79 Å². The lowest BCUT2D eigenvalue weighted by Gasteiger charge is -2.28. The zero-order chi connectivity index (χ0) is 15.0. The Labute approximate surface area is 123 Å². The molecule has 2 N–H and O–H groups in total. The van der Waals surface area contributed by atoms with Crippen LogP contribution in [-0.4, -0.2) is 27.3 Å². The Morgan fingerprint density at radius 2 is 1.95 bits per heavy atom. The van der Waals surface area contributed by atoms with Crippen molar-refractivity contribution in [2.75, 3.05) is 12.3 Å². The van der Waals surface area contributed by atoms with Crippen molar-refractivity contribution in [3.63, 3.8) is 0 Å². The SMILES string of the molecule is CC(=O)N1CCc2nc(N)nc(-c3ccc(C)cc3)c2C1. The first kappa shape index (κ1) is 13.5. The van der Waals surface area contributed by atoms with Crippen LogP contribution < -0.4 is 5.73 Å². The largest absolute Gasteiger partial charge is 0.368 e. The standard InChI is InChI=1S/C16H18N4O/c1-10-3-5-12(6-4-10)15-13-9-20(11(2)21)8-7-14(13)18-16(17)19-15/h3-6H,7-9H2,1-2H3,(H2,17,18,19). The first-order valence-corrected chi connectivity index (χ1v) is 7.02. The van der Waals surface area contributed by atoms with E-state index in [1.54, 1.807) is 6.92 Å². The molecule has 0 bridgehead atoms. The van der Waals surface area contributed by atoms with Gasteiger partial charge in [-0.2, -0.15) is 0 Å². The predicted molar refractivity (Wildman–Crippen MR) is 81.4 cm³/mol. The molecule has 0 saturated heterocycles. The van der Waals surface area contributed by atoms with Gasteiger partial charge in [0.05, 0.1) is 11.4 Å². The Balaban J connectivity index is 2.10. The Morgan fingerprint density at radius 1 is 1.24 bits per heavy atom. The number of anilines is 1. The molecule has 1 aliphatic heterocycles. The lowest BCUT2D eigenvalue weighted by molar-refractivity contribution is -0.129. The number of carbonyl (C=O) groups excluding carboxylic acids is 1. The van der Waals surface area contributed by atoms with Crippen LogP contribution in [0.1, 0.15) is 23.7 Å². The number of aryl methyl sites for hydroxylation is 1. The van der Waals surface area contributed by atoms with Crippen molar-refractivity contribution in [3.05, 3.63) is 41.1 Å². The van der Waals surface area contributed by atoms with Gasteiger partial charge in [-0.25, -0.2) is 9.97 Å². The summed E-state index contributed by atoms with van der Waals surface area (Å²) < 4.78 is 0. The second kappa shape index (κ2) is 5.16. The van der Waals surface area contributed by atoms with E-state index in [1.165, 1.54) is 5.56 Å². The number of aromatic nitrogens is 2.